The summed E-state index contributed by atoms with van der Waals surface area (Å²) in [5, 5.41) is 0. The molecule has 0 radical (unpaired) electrons. The second kappa shape index (κ2) is 11.7. The van der Waals surface area contributed by atoms with Crippen LogP contribution in [0.5, 0.6) is 11.5 Å². The molecule has 0 N–H and O–H groups in total. The van der Waals surface area contributed by atoms with E-state index >= 15 is 0 Å². The van der Waals surface area contributed by atoms with E-state index in [0.29, 0.717) is 37.7 Å². The van der Waals surface area contributed by atoms with Crippen LogP contribution in [0, 0.1) is 0 Å². The third-order valence-corrected chi connectivity index (χ3v) is 7.54. The number of esters is 1. The second-order valence-electron chi connectivity index (χ2n) is 8.68. The molecule has 2 heterocycles. The van der Waals surface area contributed by atoms with Crippen LogP contribution in [-0.4, -0.2) is 44.5 Å². The van der Waals surface area contributed by atoms with Gasteiger partial charge in [-0.15, -0.1) is 0 Å². The SMILES string of the molecule is CCOC(=O)C1=C(C)N=c2s/c(=C\c3ccc(N(CC)CC)cc3)c(=O)n2C1c1ccc(OC)c(OC)c1. The Hall–Kier alpha value is -3.85. The highest BCUT2D eigenvalue weighted by molar-refractivity contribution is 7.07. The molecule has 38 heavy (non-hydrogen) atoms. The van der Waals surface area contributed by atoms with E-state index in [1.807, 2.05) is 24.3 Å². The molecular formula is C29H33N3O5S. The quantitative estimate of drug-likeness (QED) is 0.389. The molecule has 2 aromatic carbocycles. The standard InChI is InChI=1S/C29H33N3O5S/c1-7-31(8-2)21-13-10-19(11-14-21)16-24-27(33)32-26(20-12-15-22(35-5)23(17-20)36-6)25(28(34)37-9-3)18(4)30-29(32)38-24/h10-17,26H,7-9H2,1-6H3/b24-16-. The molecule has 1 unspecified atom stereocenters. The first kappa shape index (κ1) is 27.2. The van der Waals surface area contributed by atoms with Crippen molar-refractivity contribution in [2.24, 2.45) is 4.99 Å². The predicted octanol–water partition coefficient (Wildman–Crippen LogP) is 3.66. The molecule has 4 rings (SSSR count). The fraction of sp³-hybridized carbons (Fsp3) is 0.345. The van der Waals surface area contributed by atoms with Crippen molar-refractivity contribution < 1.29 is 19.0 Å². The molecule has 1 aliphatic rings. The van der Waals surface area contributed by atoms with E-state index in [4.69, 9.17) is 14.2 Å². The van der Waals surface area contributed by atoms with Crippen molar-refractivity contribution in [3.63, 3.8) is 0 Å². The van der Waals surface area contributed by atoms with E-state index in [0.717, 1.165) is 24.3 Å². The molecule has 0 spiro atoms. The number of carbonyl (C=O) groups excluding carboxylic acids is 1. The third-order valence-electron chi connectivity index (χ3n) is 6.56. The van der Waals surface area contributed by atoms with E-state index < -0.39 is 12.0 Å². The normalized spacial score (nSPS) is 15.1. The zero-order chi connectivity index (χ0) is 27.4. The molecule has 200 valence electrons. The number of fused-ring (bicyclic) bond motifs is 1. The number of allylic oxidation sites excluding steroid dienone is 1. The molecule has 0 saturated heterocycles. The minimum absolute atomic E-state index is 0.210. The van der Waals surface area contributed by atoms with Crippen LogP contribution in [0.4, 0.5) is 5.69 Å². The summed E-state index contributed by atoms with van der Waals surface area (Å²) in [5.41, 5.74) is 3.35. The van der Waals surface area contributed by atoms with Crippen molar-refractivity contribution in [1.29, 1.82) is 0 Å². The molecular weight excluding hydrogens is 502 g/mol. The number of rotatable bonds is 9. The van der Waals surface area contributed by atoms with Crippen LogP contribution in [0.25, 0.3) is 6.08 Å². The minimum atomic E-state index is -0.725. The van der Waals surface area contributed by atoms with E-state index in [-0.39, 0.29) is 12.2 Å². The molecule has 0 bridgehead atoms. The van der Waals surface area contributed by atoms with Gasteiger partial charge in [-0.05, 0) is 69.2 Å². The number of carbonyl (C=O) groups is 1. The largest absolute Gasteiger partial charge is 0.493 e. The van der Waals surface area contributed by atoms with Crippen LogP contribution < -0.4 is 29.3 Å². The Morgan fingerprint density at radius 3 is 2.34 bits per heavy atom. The van der Waals surface area contributed by atoms with Gasteiger partial charge in [0.05, 0.1) is 42.7 Å². The average molecular weight is 536 g/mol. The number of benzene rings is 2. The fourth-order valence-electron chi connectivity index (χ4n) is 4.65. The molecule has 1 aromatic heterocycles. The van der Waals surface area contributed by atoms with Crippen molar-refractivity contribution in [2.75, 3.05) is 38.8 Å². The maximum Gasteiger partial charge on any atom is 0.338 e. The van der Waals surface area contributed by atoms with Gasteiger partial charge >= 0.3 is 5.97 Å². The molecule has 0 amide bonds. The number of aromatic nitrogens is 1. The topological polar surface area (TPSA) is 82.4 Å². The van der Waals surface area contributed by atoms with Crippen LogP contribution in [0.2, 0.25) is 0 Å². The lowest BCUT2D eigenvalue weighted by atomic mass is 9.95. The van der Waals surface area contributed by atoms with Gasteiger partial charge in [-0.2, -0.15) is 0 Å². The summed E-state index contributed by atoms with van der Waals surface area (Å²) in [7, 11) is 3.11. The first-order valence-corrected chi connectivity index (χ1v) is 13.4. The molecule has 9 heteroatoms. The molecule has 3 aromatic rings. The Balaban J connectivity index is 1.88. The Bertz CT molecular complexity index is 1530. The maximum absolute atomic E-state index is 13.8. The number of ether oxygens (including phenoxy) is 3. The van der Waals surface area contributed by atoms with Gasteiger partial charge in [-0.1, -0.05) is 29.5 Å². The zero-order valence-electron chi connectivity index (χ0n) is 22.6. The van der Waals surface area contributed by atoms with Gasteiger partial charge in [0.15, 0.2) is 16.3 Å². The third kappa shape index (κ3) is 5.11. The Labute approximate surface area is 226 Å². The van der Waals surface area contributed by atoms with Gasteiger partial charge in [-0.25, -0.2) is 9.79 Å². The lowest BCUT2D eigenvalue weighted by Crippen LogP contribution is -2.40. The smallest absolute Gasteiger partial charge is 0.338 e. The summed E-state index contributed by atoms with van der Waals surface area (Å²) in [6.07, 6.45) is 1.87. The highest BCUT2D eigenvalue weighted by Gasteiger charge is 2.33. The summed E-state index contributed by atoms with van der Waals surface area (Å²) in [6.45, 7) is 9.82. The van der Waals surface area contributed by atoms with Crippen LogP contribution in [-0.2, 0) is 9.53 Å². The predicted molar refractivity (Wildman–Crippen MR) is 150 cm³/mol. The highest BCUT2D eigenvalue weighted by Crippen LogP contribution is 2.36. The summed E-state index contributed by atoms with van der Waals surface area (Å²) in [4.78, 5) is 34.4. The average Bonchev–Trinajstić information content (AvgIpc) is 3.23. The van der Waals surface area contributed by atoms with Gasteiger partial charge in [0, 0.05) is 18.8 Å². The van der Waals surface area contributed by atoms with Crippen molar-refractivity contribution >= 4 is 29.1 Å². The van der Waals surface area contributed by atoms with Crippen molar-refractivity contribution in [3.05, 3.63) is 84.5 Å². The van der Waals surface area contributed by atoms with Crippen LogP contribution in [0.3, 0.4) is 0 Å². The number of hydrogen-bond acceptors (Lipinski definition) is 8. The first-order valence-electron chi connectivity index (χ1n) is 12.6. The van der Waals surface area contributed by atoms with Gasteiger partial charge in [0.1, 0.15) is 0 Å². The monoisotopic (exact) mass is 535 g/mol. The zero-order valence-corrected chi connectivity index (χ0v) is 23.4. The van der Waals surface area contributed by atoms with Crippen molar-refractivity contribution in [3.8, 4) is 11.5 Å². The molecule has 8 nitrogen and oxygen atoms in total. The number of anilines is 1. The second-order valence-corrected chi connectivity index (χ2v) is 9.69. The lowest BCUT2D eigenvalue weighted by Gasteiger charge is -2.25. The van der Waals surface area contributed by atoms with Gasteiger partial charge < -0.3 is 19.1 Å². The number of methoxy groups -OCH3 is 2. The Morgan fingerprint density at radius 2 is 1.74 bits per heavy atom. The molecule has 1 atom stereocenters. The Morgan fingerprint density at radius 1 is 1.05 bits per heavy atom. The van der Waals surface area contributed by atoms with E-state index in [1.54, 1.807) is 44.8 Å². The summed E-state index contributed by atoms with van der Waals surface area (Å²) in [5.74, 6) is 0.545. The van der Waals surface area contributed by atoms with Crippen LogP contribution >= 0.6 is 11.3 Å². The van der Waals surface area contributed by atoms with E-state index in [1.165, 1.54) is 11.3 Å². The minimum Gasteiger partial charge on any atom is -0.493 e. The summed E-state index contributed by atoms with van der Waals surface area (Å²) >= 11 is 1.30. The molecule has 0 saturated carbocycles. The molecule has 0 fully saturated rings. The first-order chi connectivity index (χ1) is 18.4. The number of hydrogen-bond donors (Lipinski definition) is 0. The molecule has 0 aliphatic carbocycles. The van der Waals surface area contributed by atoms with Gasteiger partial charge in [-0.3, -0.25) is 9.36 Å². The van der Waals surface area contributed by atoms with E-state index in [9.17, 15) is 9.59 Å². The summed E-state index contributed by atoms with van der Waals surface area (Å²) in [6, 6.07) is 12.8. The fourth-order valence-corrected chi connectivity index (χ4v) is 5.70. The van der Waals surface area contributed by atoms with Crippen LogP contribution in [0.15, 0.2) is 63.5 Å². The summed E-state index contributed by atoms with van der Waals surface area (Å²) < 4.78 is 18.4. The van der Waals surface area contributed by atoms with E-state index in [2.05, 4.69) is 35.9 Å². The Kier molecular flexibility index (Phi) is 8.36. The van der Waals surface area contributed by atoms with Crippen molar-refractivity contribution in [1.82, 2.24) is 4.57 Å². The maximum atomic E-state index is 13.8. The highest BCUT2D eigenvalue weighted by atomic mass is 32.1. The number of thiazole rings is 1. The van der Waals surface area contributed by atoms with Gasteiger partial charge in [0.25, 0.3) is 5.56 Å². The number of nitrogens with zero attached hydrogens (tertiary/aromatic N) is 3. The molecule has 1 aliphatic heterocycles. The lowest BCUT2D eigenvalue weighted by molar-refractivity contribution is -0.139. The van der Waals surface area contributed by atoms with Crippen LogP contribution in [0.1, 0.15) is 44.9 Å². The van der Waals surface area contributed by atoms with Gasteiger partial charge in [0.2, 0.25) is 0 Å². The van der Waals surface area contributed by atoms with Crippen molar-refractivity contribution in [2.45, 2.75) is 33.7 Å².